The van der Waals surface area contributed by atoms with E-state index in [1.54, 1.807) is 41.5 Å². The molecule has 0 aromatic heterocycles. The van der Waals surface area contributed by atoms with Gasteiger partial charge in [-0.2, -0.15) is 0 Å². The fraction of sp³-hybridized carbons (Fsp3) is 0.833. The number of amides is 2. The maximum absolute atomic E-state index is 12.3. The Balaban J connectivity index is 4.75. The molecule has 0 unspecified atom stereocenters. The molecule has 0 atom stereocenters. The van der Waals surface area contributed by atoms with E-state index >= 15 is 0 Å². The second-order valence-electron chi connectivity index (χ2n) is 8.13. The summed E-state index contributed by atoms with van der Waals surface area (Å²) in [7, 11) is 0. The second-order valence-corrected chi connectivity index (χ2v) is 8.13. The molecule has 2 amide bonds. The molecule has 0 spiro atoms. The van der Waals surface area contributed by atoms with Crippen LogP contribution >= 0.6 is 0 Å². The average Bonchev–Trinajstić information content (AvgIpc) is 2.42. The standard InChI is InChI=1S/C18H36N4O4/c1-17(2,3)25-15(23)22(16(24)26-18(4,5)6)14(20)21-13-11-9-7-8-10-12-19/h7-13,19H2,1-6H3,(H2,20,21). The third kappa shape index (κ3) is 11.7. The molecule has 0 saturated heterocycles. The van der Waals surface area contributed by atoms with Crippen molar-refractivity contribution < 1.29 is 19.1 Å². The van der Waals surface area contributed by atoms with E-state index in [-0.39, 0.29) is 5.96 Å². The van der Waals surface area contributed by atoms with Gasteiger partial charge in [0, 0.05) is 6.54 Å². The Morgan fingerprint density at radius 3 is 1.73 bits per heavy atom. The molecule has 152 valence electrons. The molecule has 0 rings (SSSR count). The molecule has 0 heterocycles. The Hall–Kier alpha value is -1.83. The third-order valence-electron chi connectivity index (χ3n) is 3.05. The lowest BCUT2D eigenvalue weighted by molar-refractivity contribution is 0.0140. The van der Waals surface area contributed by atoms with E-state index in [1.165, 1.54) is 0 Å². The Morgan fingerprint density at radius 1 is 0.885 bits per heavy atom. The van der Waals surface area contributed by atoms with Crippen molar-refractivity contribution in [1.82, 2.24) is 10.2 Å². The van der Waals surface area contributed by atoms with E-state index in [4.69, 9.17) is 20.6 Å². The number of imide groups is 1. The molecule has 0 saturated carbocycles. The minimum atomic E-state index is -0.938. The van der Waals surface area contributed by atoms with E-state index in [0.29, 0.717) is 18.0 Å². The average molecular weight is 373 g/mol. The number of carbonyl (C=O) groups is 2. The predicted octanol–water partition coefficient (Wildman–Crippen LogP) is 3.59. The van der Waals surface area contributed by atoms with Crippen LogP contribution < -0.4 is 11.1 Å². The number of nitrogens with one attached hydrogen (secondary N) is 2. The molecular weight excluding hydrogens is 336 g/mol. The zero-order valence-corrected chi connectivity index (χ0v) is 17.1. The highest BCUT2D eigenvalue weighted by atomic mass is 16.6. The summed E-state index contributed by atoms with van der Waals surface area (Å²) >= 11 is 0. The number of unbranched alkanes of at least 4 members (excludes halogenated alkanes) is 4. The molecule has 0 aliphatic heterocycles. The molecule has 4 N–H and O–H groups in total. The lowest BCUT2D eigenvalue weighted by Crippen LogP contribution is -2.51. The molecule has 8 nitrogen and oxygen atoms in total. The highest BCUT2D eigenvalue weighted by Crippen LogP contribution is 2.14. The van der Waals surface area contributed by atoms with Crippen LogP contribution in [-0.2, 0) is 9.47 Å². The van der Waals surface area contributed by atoms with Crippen LogP contribution in [0.1, 0.15) is 73.6 Å². The maximum atomic E-state index is 12.3. The quantitative estimate of drug-likeness (QED) is 0.357. The van der Waals surface area contributed by atoms with Crippen molar-refractivity contribution in [3.63, 3.8) is 0 Å². The number of carbonyl (C=O) groups excluding carboxylic acids is 2. The second kappa shape index (κ2) is 11.0. The fourth-order valence-corrected chi connectivity index (χ4v) is 1.96. The van der Waals surface area contributed by atoms with Crippen LogP contribution in [0.25, 0.3) is 0 Å². The van der Waals surface area contributed by atoms with Crippen LogP contribution in [0, 0.1) is 5.41 Å². The van der Waals surface area contributed by atoms with Crippen LogP contribution in [0.2, 0.25) is 0 Å². The maximum Gasteiger partial charge on any atom is 0.427 e. The first kappa shape index (κ1) is 24.2. The zero-order valence-electron chi connectivity index (χ0n) is 17.1. The van der Waals surface area contributed by atoms with E-state index in [1.807, 2.05) is 0 Å². The van der Waals surface area contributed by atoms with E-state index in [0.717, 1.165) is 32.1 Å². The van der Waals surface area contributed by atoms with Crippen LogP contribution in [0.15, 0.2) is 0 Å². The summed E-state index contributed by atoms with van der Waals surface area (Å²) in [5.74, 6) is -0.351. The van der Waals surface area contributed by atoms with E-state index in [9.17, 15) is 9.59 Å². The first-order chi connectivity index (χ1) is 11.9. The van der Waals surface area contributed by atoms with Gasteiger partial charge in [0.05, 0.1) is 0 Å². The molecule has 0 radical (unpaired) electrons. The summed E-state index contributed by atoms with van der Waals surface area (Å²) in [4.78, 5) is 25.3. The Kier molecular flexibility index (Phi) is 10.2. The minimum Gasteiger partial charge on any atom is -0.443 e. The molecule has 0 fully saturated rings. The number of rotatable bonds is 7. The van der Waals surface area contributed by atoms with Gasteiger partial charge in [-0.1, -0.05) is 19.3 Å². The molecule has 0 aromatic carbocycles. The monoisotopic (exact) mass is 372 g/mol. The zero-order chi connectivity index (χ0) is 20.4. The SMILES string of the molecule is CC(C)(C)OC(=O)N(C(=N)NCCCCCCCN)C(=O)OC(C)(C)C. The molecule has 0 aliphatic carbocycles. The van der Waals surface area contributed by atoms with Crippen molar-refractivity contribution in [2.75, 3.05) is 13.1 Å². The number of ether oxygens (including phenoxy) is 2. The first-order valence-electron chi connectivity index (χ1n) is 9.16. The molecule has 26 heavy (non-hydrogen) atoms. The van der Waals surface area contributed by atoms with Gasteiger partial charge < -0.3 is 20.5 Å². The van der Waals surface area contributed by atoms with Crippen LogP contribution in [0.3, 0.4) is 0 Å². The van der Waals surface area contributed by atoms with E-state index in [2.05, 4.69) is 5.32 Å². The van der Waals surface area contributed by atoms with Gasteiger partial charge in [-0.15, -0.1) is 4.90 Å². The first-order valence-corrected chi connectivity index (χ1v) is 9.16. The van der Waals surface area contributed by atoms with E-state index < -0.39 is 23.4 Å². The number of hydrogen-bond donors (Lipinski definition) is 3. The molecule has 0 aromatic rings. The largest absolute Gasteiger partial charge is 0.443 e. The van der Waals surface area contributed by atoms with Crippen LogP contribution in [-0.4, -0.2) is 47.3 Å². The van der Waals surface area contributed by atoms with Gasteiger partial charge in [-0.25, -0.2) is 9.59 Å². The van der Waals surface area contributed by atoms with Crippen molar-refractivity contribution in [3.8, 4) is 0 Å². The number of nitrogens with two attached hydrogens (primary N) is 1. The predicted molar refractivity (Wildman–Crippen MR) is 102 cm³/mol. The van der Waals surface area contributed by atoms with Crippen molar-refractivity contribution in [1.29, 1.82) is 5.41 Å². The third-order valence-corrected chi connectivity index (χ3v) is 3.05. The van der Waals surface area contributed by atoms with Crippen molar-refractivity contribution in [2.24, 2.45) is 5.73 Å². The van der Waals surface area contributed by atoms with Gasteiger partial charge in [0.15, 0.2) is 0 Å². The number of guanidine groups is 1. The fourth-order valence-electron chi connectivity index (χ4n) is 1.96. The van der Waals surface area contributed by atoms with Crippen molar-refractivity contribution >= 4 is 18.1 Å². The number of nitrogens with zero attached hydrogens (tertiary/aromatic N) is 1. The van der Waals surface area contributed by atoms with Crippen LogP contribution in [0.4, 0.5) is 9.59 Å². The summed E-state index contributed by atoms with van der Waals surface area (Å²) < 4.78 is 10.4. The normalized spacial score (nSPS) is 11.7. The highest BCUT2D eigenvalue weighted by molar-refractivity contribution is 6.06. The Morgan fingerprint density at radius 2 is 1.31 bits per heavy atom. The van der Waals surface area contributed by atoms with Gasteiger partial charge in [-0.05, 0) is 60.9 Å². The topological polar surface area (TPSA) is 118 Å². The summed E-state index contributed by atoms with van der Waals surface area (Å²) in [6, 6.07) is 0. The molecule has 0 bridgehead atoms. The van der Waals surface area contributed by atoms with Crippen LogP contribution in [0.5, 0.6) is 0 Å². The van der Waals surface area contributed by atoms with Gasteiger partial charge >= 0.3 is 12.2 Å². The Labute approximate surface area is 157 Å². The molecular formula is C18H36N4O4. The molecule has 0 aliphatic rings. The summed E-state index contributed by atoms with van der Waals surface area (Å²) in [5, 5.41) is 10.9. The smallest absolute Gasteiger partial charge is 0.427 e. The number of hydrogen-bond acceptors (Lipinski definition) is 6. The van der Waals surface area contributed by atoms with Crippen molar-refractivity contribution in [2.45, 2.75) is 84.8 Å². The summed E-state index contributed by atoms with van der Waals surface area (Å²) in [5.41, 5.74) is 3.87. The van der Waals surface area contributed by atoms with Gasteiger partial charge in [0.2, 0.25) is 5.96 Å². The minimum absolute atomic E-state index is 0.351. The van der Waals surface area contributed by atoms with Gasteiger partial charge in [0.25, 0.3) is 0 Å². The summed E-state index contributed by atoms with van der Waals surface area (Å²) in [6.45, 7) is 11.3. The van der Waals surface area contributed by atoms with Gasteiger partial charge in [0.1, 0.15) is 11.2 Å². The molecule has 8 heteroatoms. The highest BCUT2D eigenvalue weighted by Gasteiger charge is 2.34. The lowest BCUT2D eigenvalue weighted by atomic mass is 10.1. The van der Waals surface area contributed by atoms with Crippen molar-refractivity contribution in [3.05, 3.63) is 0 Å². The summed E-state index contributed by atoms with van der Waals surface area (Å²) in [6.07, 6.45) is 3.08. The lowest BCUT2D eigenvalue weighted by Gasteiger charge is -2.28. The van der Waals surface area contributed by atoms with Gasteiger partial charge in [-0.3, -0.25) is 5.41 Å². The Bertz CT molecular complexity index is 439.